The molecule has 0 saturated carbocycles. The van der Waals surface area contributed by atoms with Crippen molar-refractivity contribution in [3.63, 3.8) is 0 Å². The Balaban J connectivity index is 1.56. The van der Waals surface area contributed by atoms with E-state index in [1.807, 2.05) is 109 Å². The minimum absolute atomic E-state index is 0.851. The molecule has 0 aliphatic rings. The molecule has 6 heteroatoms. The van der Waals surface area contributed by atoms with Crippen molar-refractivity contribution in [3.05, 3.63) is 182 Å². The van der Waals surface area contributed by atoms with Gasteiger partial charge in [0.25, 0.3) is 0 Å². The first-order valence-electron chi connectivity index (χ1n) is 16.0. The van der Waals surface area contributed by atoms with Crippen LogP contribution in [-0.2, 0) is 0 Å². The summed E-state index contributed by atoms with van der Waals surface area (Å²) in [5, 5.41) is 22.8. The van der Waals surface area contributed by atoms with Gasteiger partial charge in [-0.3, -0.25) is 0 Å². The minimum atomic E-state index is 0.851. The monoisotopic (exact) mass is 624 g/mol. The molecule has 0 bridgehead atoms. The highest BCUT2D eigenvalue weighted by molar-refractivity contribution is 6.12. The third-order valence-electron chi connectivity index (χ3n) is 7.76. The molecule has 0 aliphatic carbocycles. The predicted molar refractivity (Wildman–Crippen MR) is 205 cm³/mol. The number of para-hydroxylation sites is 6. The second-order valence-electron chi connectivity index (χ2n) is 11.2. The molecule has 0 saturated heterocycles. The molecule has 0 heterocycles. The van der Waals surface area contributed by atoms with Gasteiger partial charge in [0.05, 0.1) is 34.1 Å². The first-order valence-corrected chi connectivity index (χ1v) is 16.0. The van der Waals surface area contributed by atoms with Crippen molar-refractivity contribution in [2.24, 2.45) is 0 Å². The van der Waals surface area contributed by atoms with Crippen LogP contribution in [0.15, 0.2) is 182 Å². The first-order chi connectivity index (χ1) is 23.8. The zero-order valence-corrected chi connectivity index (χ0v) is 26.3. The maximum Gasteiger partial charge on any atom is 0.0907 e. The zero-order valence-electron chi connectivity index (χ0n) is 26.3. The summed E-state index contributed by atoms with van der Waals surface area (Å²) in [7, 11) is 0. The van der Waals surface area contributed by atoms with Gasteiger partial charge in [-0.1, -0.05) is 109 Å². The number of hydrogen-bond acceptors (Lipinski definition) is 6. The van der Waals surface area contributed by atoms with Crippen molar-refractivity contribution >= 4 is 68.2 Å². The Kier molecular flexibility index (Phi) is 9.15. The molecule has 0 radical (unpaired) electrons. The standard InChI is InChI=1S/C42H36N6/c1-7-19-31(20-8-1)43-37-38(44-32-21-9-2-10-22-32)40(46-34-25-13-4-14-26-34)42(48-36-29-17-6-18-30-36)41(47-35-27-15-5-16-28-35)39(37)45-33-23-11-3-12-24-33/h1-30,43-48H. The Hall–Kier alpha value is -6.66. The molecule has 0 aliphatic heterocycles. The van der Waals surface area contributed by atoms with Gasteiger partial charge < -0.3 is 31.9 Å². The van der Waals surface area contributed by atoms with E-state index in [-0.39, 0.29) is 0 Å². The molecular weight excluding hydrogens is 589 g/mol. The Morgan fingerprint density at radius 1 is 0.167 bits per heavy atom. The van der Waals surface area contributed by atoms with Gasteiger partial charge in [-0.05, 0) is 72.8 Å². The molecule has 48 heavy (non-hydrogen) atoms. The second kappa shape index (κ2) is 14.6. The molecular formula is C42H36N6. The van der Waals surface area contributed by atoms with Gasteiger partial charge in [-0.2, -0.15) is 0 Å². The maximum absolute atomic E-state index is 3.79. The molecule has 0 spiro atoms. The molecule has 0 atom stereocenters. The van der Waals surface area contributed by atoms with E-state index in [0.29, 0.717) is 0 Å². The van der Waals surface area contributed by atoms with E-state index in [2.05, 4.69) is 105 Å². The molecule has 7 aromatic carbocycles. The molecule has 234 valence electrons. The average molecular weight is 625 g/mol. The molecule has 7 rings (SSSR count). The van der Waals surface area contributed by atoms with Gasteiger partial charge in [0.1, 0.15) is 0 Å². The van der Waals surface area contributed by atoms with Crippen molar-refractivity contribution in [3.8, 4) is 0 Å². The van der Waals surface area contributed by atoms with Crippen LogP contribution < -0.4 is 31.9 Å². The highest BCUT2D eigenvalue weighted by Gasteiger charge is 2.26. The topological polar surface area (TPSA) is 72.2 Å². The van der Waals surface area contributed by atoms with E-state index in [1.54, 1.807) is 0 Å². The molecule has 6 nitrogen and oxygen atoms in total. The van der Waals surface area contributed by atoms with E-state index in [0.717, 1.165) is 68.2 Å². The predicted octanol–water partition coefficient (Wildman–Crippen LogP) is 12.1. The van der Waals surface area contributed by atoms with Crippen LogP contribution in [0.2, 0.25) is 0 Å². The van der Waals surface area contributed by atoms with Gasteiger partial charge >= 0.3 is 0 Å². The number of benzene rings is 7. The van der Waals surface area contributed by atoms with Crippen LogP contribution in [0.5, 0.6) is 0 Å². The fourth-order valence-electron chi connectivity index (χ4n) is 5.49. The van der Waals surface area contributed by atoms with E-state index < -0.39 is 0 Å². The Morgan fingerprint density at radius 3 is 0.417 bits per heavy atom. The van der Waals surface area contributed by atoms with Crippen LogP contribution in [0.25, 0.3) is 0 Å². The average Bonchev–Trinajstić information content (AvgIpc) is 3.15. The summed E-state index contributed by atoms with van der Waals surface area (Å²) in [6.45, 7) is 0. The first kappa shape index (κ1) is 30.0. The van der Waals surface area contributed by atoms with E-state index in [1.165, 1.54) is 0 Å². The fourth-order valence-corrected chi connectivity index (χ4v) is 5.49. The summed E-state index contributed by atoms with van der Waals surface area (Å²) in [5.74, 6) is 0. The minimum Gasteiger partial charge on any atom is -0.352 e. The van der Waals surface area contributed by atoms with Crippen molar-refractivity contribution in [1.29, 1.82) is 0 Å². The van der Waals surface area contributed by atoms with E-state index in [9.17, 15) is 0 Å². The van der Waals surface area contributed by atoms with Crippen LogP contribution in [0, 0.1) is 0 Å². The smallest absolute Gasteiger partial charge is 0.0907 e. The summed E-state index contributed by atoms with van der Waals surface area (Å²) in [5.41, 5.74) is 10.8. The Morgan fingerprint density at radius 2 is 0.292 bits per heavy atom. The summed E-state index contributed by atoms with van der Waals surface area (Å²) in [6, 6.07) is 61.4. The lowest BCUT2D eigenvalue weighted by atomic mass is 10.0. The van der Waals surface area contributed by atoms with Crippen LogP contribution in [0.4, 0.5) is 68.2 Å². The van der Waals surface area contributed by atoms with E-state index >= 15 is 0 Å². The van der Waals surface area contributed by atoms with Crippen molar-refractivity contribution < 1.29 is 0 Å². The number of anilines is 12. The van der Waals surface area contributed by atoms with Gasteiger partial charge in [-0.25, -0.2) is 0 Å². The second-order valence-corrected chi connectivity index (χ2v) is 11.2. The molecule has 0 fully saturated rings. The normalized spacial score (nSPS) is 10.5. The van der Waals surface area contributed by atoms with Crippen molar-refractivity contribution in [1.82, 2.24) is 0 Å². The van der Waals surface area contributed by atoms with Crippen LogP contribution in [0.1, 0.15) is 0 Å². The quantitative estimate of drug-likeness (QED) is 0.0813. The molecule has 0 amide bonds. The Bertz CT molecular complexity index is 1630. The Labute approximate surface area is 281 Å². The molecule has 6 N–H and O–H groups in total. The van der Waals surface area contributed by atoms with Crippen LogP contribution >= 0.6 is 0 Å². The number of nitrogens with one attached hydrogen (secondary N) is 6. The summed E-state index contributed by atoms with van der Waals surface area (Å²) in [4.78, 5) is 0. The van der Waals surface area contributed by atoms with Gasteiger partial charge in [0, 0.05) is 34.1 Å². The molecule has 0 aromatic heterocycles. The lowest BCUT2D eigenvalue weighted by molar-refractivity contribution is 1.42. The highest BCUT2D eigenvalue weighted by Crippen LogP contribution is 2.54. The van der Waals surface area contributed by atoms with Gasteiger partial charge in [0.2, 0.25) is 0 Å². The van der Waals surface area contributed by atoms with Crippen LogP contribution in [-0.4, -0.2) is 0 Å². The SMILES string of the molecule is c1ccc(Nc2c(Nc3ccccc3)c(Nc3ccccc3)c(Nc3ccccc3)c(Nc3ccccc3)c2Nc2ccccc2)cc1. The summed E-state index contributed by atoms with van der Waals surface area (Å²) < 4.78 is 0. The third kappa shape index (κ3) is 7.25. The van der Waals surface area contributed by atoms with E-state index in [4.69, 9.17) is 0 Å². The molecule has 7 aromatic rings. The van der Waals surface area contributed by atoms with Gasteiger partial charge in [-0.15, -0.1) is 0 Å². The zero-order chi connectivity index (χ0) is 32.4. The lowest BCUT2D eigenvalue weighted by Gasteiger charge is -2.30. The number of hydrogen-bond donors (Lipinski definition) is 6. The van der Waals surface area contributed by atoms with Crippen molar-refractivity contribution in [2.45, 2.75) is 0 Å². The lowest BCUT2D eigenvalue weighted by Crippen LogP contribution is -2.11. The number of rotatable bonds is 12. The largest absolute Gasteiger partial charge is 0.352 e. The summed E-state index contributed by atoms with van der Waals surface area (Å²) in [6.07, 6.45) is 0. The van der Waals surface area contributed by atoms with Crippen molar-refractivity contribution in [2.75, 3.05) is 31.9 Å². The van der Waals surface area contributed by atoms with Crippen LogP contribution in [0.3, 0.4) is 0 Å². The summed E-state index contributed by atoms with van der Waals surface area (Å²) >= 11 is 0. The fraction of sp³-hybridized carbons (Fsp3) is 0. The highest BCUT2D eigenvalue weighted by atomic mass is 15.1. The molecule has 0 unspecified atom stereocenters. The maximum atomic E-state index is 3.79. The van der Waals surface area contributed by atoms with Gasteiger partial charge in [0.15, 0.2) is 0 Å². The third-order valence-corrected chi connectivity index (χ3v) is 7.76.